The van der Waals surface area contributed by atoms with Crippen molar-refractivity contribution in [2.75, 3.05) is 19.7 Å². The van der Waals surface area contributed by atoms with Crippen LogP contribution in [0.2, 0.25) is 0 Å². The number of aromatic nitrogens is 1. The largest absolute Gasteiger partial charge is 0.452 e. The Morgan fingerprint density at radius 1 is 1.10 bits per heavy atom. The lowest BCUT2D eigenvalue weighted by atomic mass is 9.99. The molecule has 2 heterocycles. The van der Waals surface area contributed by atoms with Gasteiger partial charge in [0.2, 0.25) is 0 Å². The van der Waals surface area contributed by atoms with Crippen LogP contribution >= 0.6 is 11.3 Å². The molecule has 1 aliphatic heterocycles. The van der Waals surface area contributed by atoms with Gasteiger partial charge in [0, 0.05) is 19.5 Å². The van der Waals surface area contributed by atoms with Crippen LogP contribution in [0.3, 0.4) is 0 Å². The summed E-state index contributed by atoms with van der Waals surface area (Å²) in [5.41, 5.74) is 2.32. The van der Waals surface area contributed by atoms with E-state index in [0.717, 1.165) is 46.7 Å². The number of thiazole rings is 1. The molecular weight excluding hydrogens is 384 g/mol. The van der Waals surface area contributed by atoms with Gasteiger partial charge in [-0.15, -0.1) is 11.3 Å². The monoisotopic (exact) mass is 408 g/mol. The third-order valence-electron chi connectivity index (χ3n) is 5.38. The predicted molar refractivity (Wildman–Crippen MR) is 114 cm³/mol. The van der Waals surface area contributed by atoms with Gasteiger partial charge in [-0.1, -0.05) is 37.3 Å². The number of nitrogens with zero attached hydrogens (tertiary/aromatic N) is 2. The molecular formula is C23H24N2O3S. The summed E-state index contributed by atoms with van der Waals surface area (Å²) in [6.45, 7) is 3.48. The summed E-state index contributed by atoms with van der Waals surface area (Å²) >= 11 is 1.63. The Hall–Kier alpha value is -2.73. The van der Waals surface area contributed by atoms with Gasteiger partial charge in [0.15, 0.2) is 6.61 Å². The van der Waals surface area contributed by atoms with Crippen molar-refractivity contribution in [3.63, 3.8) is 0 Å². The third kappa shape index (κ3) is 4.65. The number of ether oxygens (including phenoxy) is 1. The minimum atomic E-state index is -0.458. The molecule has 0 spiro atoms. The molecule has 4 rings (SSSR count). The summed E-state index contributed by atoms with van der Waals surface area (Å²) in [7, 11) is 0. The lowest BCUT2D eigenvalue weighted by Gasteiger charge is -2.30. The molecule has 150 valence electrons. The highest BCUT2D eigenvalue weighted by molar-refractivity contribution is 7.18. The van der Waals surface area contributed by atoms with Gasteiger partial charge in [-0.05, 0) is 42.5 Å². The molecule has 29 heavy (non-hydrogen) atoms. The van der Waals surface area contributed by atoms with Crippen molar-refractivity contribution in [2.45, 2.75) is 26.2 Å². The van der Waals surface area contributed by atoms with E-state index in [2.05, 4.69) is 11.9 Å². The Kier molecular flexibility index (Phi) is 5.90. The smallest absolute Gasteiger partial charge is 0.338 e. The fraction of sp³-hybridized carbons (Fsp3) is 0.348. The molecule has 1 fully saturated rings. The molecule has 6 heteroatoms. The summed E-state index contributed by atoms with van der Waals surface area (Å²) in [4.78, 5) is 31.5. The molecule has 0 aliphatic carbocycles. The van der Waals surface area contributed by atoms with Gasteiger partial charge >= 0.3 is 5.97 Å². The Labute approximate surface area is 174 Å². The number of carbonyl (C=O) groups excluding carboxylic acids is 2. The van der Waals surface area contributed by atoms with Crippen LogP contribution in [0.1, 0.15) is 40.7 Å². The maximum Gasteiger partial charge on any atom is 0.338 e. The summed E-state index contributed by atoms with van der Waals surface area (Å²) in [5.74, 6) is 0.0744. The summed E-state index contributed by atoms with van der Waals surface area (Å²) < 4.78 is 6.49. The standard InChI is InChI=1S/C23H24N2O3S/c1-16-10-12-25(13-11-16)22(26)15-28-23(27)18-7-3-2-6-17(18)14-21-24-19-8-4-5-9-20(19)29-21/h2-9,16H,10-15H2,1H3. The van der Waals surface area contributed by atoms with Gasteiger partial charge in [0.1, 0.15) is 0 Å². The first-order chi connectivity index (χ1) is 14.1. The lowest BCUT2D eigenvalue weighted by Crippen LogP contribution is -2.40. The number of hydrogen-bond acceptors (Lipinski definition) is 5. The topological polar surface area (TPSA) is 59.5 Å². The number of para-hydroxylation sites is 1. The lowest BCUT2D eigenvalue weighted by molar-refractivity contribution is -0.135. The average Bonchev–Trinajstić information content (AvgIpc) is 3.15. The van der Waals surface area contributed by atoms with E-state index in [1.807, 2.05) is 42.5 Å². The number of benzene rings is 2. The van der Waals surface area contributed by atoms with Crippen LogP contribution in [0.25, 0.3) is 10.2 Å². The fourth-order valence-electron chi connectivity index (χ4n) is 3.59. The van der Waals surface area contributed by atoms with Crippen LogP contribution in [0.5, 0.6) is 0 Å². The molecule has 0 saturated carbocycles. The molecule has 1 aliphatic rings. The number of fused-ring (bicyclic) bond motifs is 1. The number of rotatable bonds is 5. The van der Waals surface area contributed by atoms with Gasteiger partial charge in [0.05, 0.1) is 20.8 Å². The minimum absolute atomic E-state index is 0.117. The molecule has 5 nitrogen and oxygen atoms in total. The molecule has 3 aromatic rings. The van der Waals surface area contributed by atoms with Crippen molar-refractivity contribution in [1.82, 2.24) is 9.88 Å². The van der Waals surface area contributed by atoms with E-state index < -0.39 is 5.97 Å². The van der Waals surface area contributed by atoms with E-state index in [0.29, 0.717) is 17.9 Å². The predicted octanol–water partition coefficient (Wildman–Crippen LogP) is 4.30. The highest BCUT2D eigenvalue weighted by Gasteiger charge is 2.22. The molecule has 0 bridgehead atoms. The normalized spacial score (nSPS) is 14.9. The number of carbonyl (C=O) groups is 2. The summed E-state index contributed by atoms with van der Waals surface area (Å²) in [6, 6.07) is 15.4. The van der Waals surface area contributed by atoms with Gasteiger partial charge < -0.3 is 9.64 Å². The van der Waals surface area contributed by atoms with E-state index in [1.54, 1.807) is 22.3 Å². The number of amides is 1. The first kappa shape index (κ1) is 19.6. The van der Waals surface area contributed by atoms with Crippen molar-refractivity contribution < 1.29 is 14.3 Å². The van der Waals surface area contributed by atoms with Crippen molar-refractivity contribution in [3.05, 3.63) is 64.7 Å². The molecule has 2 aromatic carbocycles. The zero-order valence-electron chi connectivity index (χ0n) is 16.5. The van der Waals surface area contributed by atoms with Crippen LogP contribution in [0.4, 0.5) is 0 Å². The van der Waals surface area contributed by atoms with Crippen LogP contribution in [-0.2, 0) is 16.0 Å². The zero-order chi connectivity index (χ0) is 20.2. The summed E-state index contributed by atoms with van der Waals surface area (Å²) in [6.07, 6.45) is 2.57. The van der Waals surface area contributed by atoms with Crippen molar-refractivity contribution in [1.29, 1.82) is 0 Å². The first-order valence-electron chi connectivity index (χ1n) is 9.97. The molecule has 0 N–H and O–H groups in total. The SMILES string of the molecule is CC1CCN(C(=O)COC(=O)c2ccccc2Cc2nc3ccccc3s2)CC1. The van der Waals surface area contributed by atoms with Gasteiger partial charge in [-0.3, -0.25) is 4.79 Å². The maximum absolute atomic E-state index is 12.7. The second-order valence-corrected chi connectivity index (χ2v) is 8.66. The second kappa shape index (κ2) is 8.74. The maximum atomic E-state index is 12.7. The van der Waals surface area contributed by atoms with Crippen LogP contribution in [0.15, 0.2) is 48.5 Å². The number of hydrogen-bond donors (Lipinski definition) is 0. The Bertz CT molecular complexity index is 989. The molecule has 1 saturated heterocycles. The highest BCUT2D eigenvalue weighted by Crippen LogP contribution is 2.25. The number of esters is 1. The molecule has 0 atom stereocenters. The number of likely N-dealkylation sites (tertiary alicyclic amines) is 1. The van der Waals surface area contributed by atoms with E-state index in [9.17, 15) is 9.59 Å². The molecule has 1 aromatic heterocycles. The summed E-state index contributed by atoms with van der Waals surface area (Å²) in [5, 5.41) is 0.949. The van der Waals surface area contributed by atoms with Crippen molar-refractivity contribution in [3.8, 4) is 0 Å². The van der Waals surface area contributed by atoms with Crippen LogP contribution in [0, 0.1) is 5.92 Å². The average molecular weight is 409 g/mol. The Morgan fingerprint density at radius 3 is 2.62 bits per heavy atom. The van der Waals surface area contributed by atoms with Gasteiger partial charge in [-0.25, -0.2) is 9.78 Å². The minimum Gasteiger partial charge on any atom is -0.452 e. The molecule has 1 amide bonds. The molecule has 0 unspecified atom stereocenters. The van der Waals surface area contributed by atoms with Gasteiger partial charge in [0.25, 0.3) is 5.91 Å². The Morgan fingerprint density at radius 2 is 1.83 bits per heavy atom. The van der Waals surface area contributed by atoms with Gasteiger partial charge in [-0.2, -0.15) is 0 Å². The van der Waals surface area contributed by atoms with Crippen LogP contribution in [-0.4, -0.2) is 41.5 Å². The Balaban J connectivity index is 1.42. The van der Waals surface area contributed by atoms with E-state index in [4.69, 9.17) is 4.74 Å². The fourth-order valence-corrected chi connectivity index (χ4v) is 4.58. The van der Waals surface area contributed by atoms with E-state index >= 15 is 0 Å². The van der Waals surface area contributed by atoms with Crippen molar-refractivity contribution >= 4 is 33.4 Å². The van der Waals surface area contributed by atoms with Crippen LogP contribution < -0.4 is 0 Å². The second-order valence-electron chi connectivity index (χ2n) is 7.55. The third-order valence-corrected chi connectivity index (χ3v) is 6.42. The first-order valence-corrected chi connectivity index (χ1v) is 10.8. The quantitative estimate of drug-likeness (QED) is 0.591. The molecule has 0 radical (unpaired) electrons. The van der Waals surface area contributed by atoms with Crippen molar-refractivity contribution in [2.24, 2.45) is 5.92 Å². The van der Waals surface area contributed by atoms with E-state index in [-0.39, 0.29) is 12.5 Å². The highest BCUT2D eigenvalue weighted by atomic mass is 32.1. The number of piperidine rings is 1. The zero-order valence-corrected chi connectivity index (χ0v) is 17.3. The van der Waals surface area contributed by atoms with E-state index in [1.165, 1.54) is 0 Å².